The summed E-state index contributed by atoms with van der Waals surface area (Å²) < 4.78 is 0. The van der Waals surface area contributed by atoms with Crippen LogP contribution in [-0.4, -0.2) is 28.5 Å². The highest BCUT2D eigenvalue weighted by molar-refractivity contribution is 6.09. The standard InChI is InChI=1S/C22H17N3O3/c26-21(15-5-2-1-3-6-15)16-8-10-18(11-9-16)24-22(27)20-13-19(25-28-20)17-7-4-12-23-14-17/h1-12,14,20H,13H2,(H,24,27)/t20-/m0/s1. The van der Waals surface area contributed by atoms with Crippen LogP contribution in [0.5, 0.6) is 0 Å². The van der Waals surface area contributed by atoms with E-state index >= 15 is 0 Å². The van der Waals surface area contributed by atoms with E-state index in [1.165, 1.54) is 0 Å². The fourth-order valence-corrected chi connectivity index (χ4v) is 2.91. The second-order valence-electron chi connectivity index (χ2n) is 6.34. The predicted octanol–water partition coefficient (Wildman–Crippen LogP) is 3.44. The van der Waals surface area contributed by atoms with Crippen LogP contribution in [-0.2, 0) is 9.63 Å². The lowest BCUT2D eigenvalue weighted by molar-refractivity contribution is -0.125. The number of amides is 1. The van der Waals surface area contributed by atoms with Gasteiger partial charge in [-0.15, -0.1) is 0 Å². The van der Waals surface area contributed by atoms with E-state index < -0.39 is 6.10 Å². The van der Waals surface area contributed by atoms with E-state index in [-0.39, 0.29) is 11.7 Å². The lowest BCUT2D eigenvalue weighted by Crippen LogP contribution is -2.28. The largest absolute Gasteiger partial charge is 0.382 e. The second kappa shape index (κ2) is 7.84. The summed E-state index contributed by atoms with van der Waals surface area (Å²) in [5.41, 5.74) is 3.30. The van der Waals surface area contributed by atoms with Gasteiger partial charge in [-0.2, -0.15) is 0 Å². The van der Waals surface area contributed by atoms with Gasteiger partial charge < -0.3 is 10.2 Å². The molecule has 0 radical (unpaired) electrons. The Morgan fingerprint density at radius 1 is 0.929 bits per heavy atom. The van der Waals surface area contributed by atoms with Crippen molar-refractivity contribution in [2.24, 2.45) is 5.16 Å². The zero-order chi connectivity index (χ0) is 19.3. The lowest BCUT2D eigenvalue weighted by atomic mass is 10.0. The first-order valence-corrected chi connectivity index (χ1v) is 8.84. The van der Waals surface area contributed by atoms with Crippen molar-refractivity contribution in [2.75, 3.05) is 5.32 Å². The molecule has 0 saturated carbocycles. The molecule has 1 N–H and O–H groups in total. The molecule has 3 aromatic rings. The predicted molar refractivity (Wildman–Crippen MR) is 105 cm³/mol. The van der Waals surface area contributed by atoms with Crippen molar-refractivity contribution in [2.45, 2.75) is 12.5 Å². The molecule has 1 aromatic heterocycles. The van der Waals surface area contributed by atoms with Gasteiger partial charge in [-0.25, -0.2) is 0 Å². The van der Waals surface area contributed by atoms with Crippen molar-refractivity contribution in [3.8, 4) is 0 Å². The number of anilines is 1. The van der Waals surface area contributed by atoms with E-state index in [0.29, 0.717) is 28.9 Å². The number of benzene rings is 2. The quantitative estimate of drug-likeness (QED) is 0.697. The monoisotopic (exact) mass is 371 g/mol. The summed E-state index contributed by atoms with van der Waals surface area (Å²) in [6.07, 6.45) is 3.05. The van der Waals surface area contributed by atoms with Crippen LogP contribution < -0.4 is 5.32 Å². The van der Waals surface area contributed by atoms with Gasteiger partial charge in [-0.1, -0.05) is 35.5 Å². The van der Waals surface area contributed by atoms with Gasteiger partial charge in [0.15, 0.2) is 5.78 Å². The zero-order valence-corrected chi connectivity index (χ0v) is 14.9. The Bertz CT molecular complexity index is 1020. The molecule has 1 aliphatic heterocycles. The van der Waals surface area contributed by atoms with Crippen LogP contribution in [0.25, 0.3) is 0 Å². The molecule has 2 heterocycles. The smallest absolute Gasteiger partial charge is 0.268 e. The van der Waals surface area contributed by atoms with Gasteiger partial charge in [0.05, 0.1) is 5.71 Å². The molecule has 1 aliphatic rings. The molecule has 1 atom stereocenters. The highest BCUT2D eigenvalue weighted by Gasteiger charge is 2.29. The number of nitrogens with one attached hydrogen (secondary N) is 1. The number of pyridine rings is 1. The minimum atomic E-state index is -0.694. The SMILES string of the molecule is O=C(c1ccccc1)c1ccc(NC(=O)[C@@H]2CC(c3cccnc3)=NO2)cc1. The summed E-state index contributed by atoms with van der Waals surface area (Å²) in [5.74, 6) is -0.350. The van der Waals surface area contributed by atoms with E-state index in [4.69, 9.17) is 4.84 Å². The minimum absolute atomic E-state index is 0.0629. The molecule has 4 rings (SSSR count). The molecule has 2 aromatic carbocycles. The normalized spacial score (nSPS) is 15.4. The van der Waals surface area contributed by atoms with Crippen LogP contribution in [0, 0.1) is 0 Å². The Labute approximate surface area is 161 Å². The van der Waals surface area contributed by atoms with Crippen molar-refractivity contribution in [1.82, 2.24) is 4.98 Å². The first kappa shape index (κ1) is 17.6. The van der Waals surface area contributed by atoms with E-state index in [9.17, 15) is 9.59 Å². The molecule has 0 unspecified atom stereocenters. The number of hydrogen-bond donors (Lipinski definition) is 1. The van der Waals surface area contributed by atoms with Crippen LogP contribution in [0.15, 0.2) is 84.3 Å². The van der Waals surface area contributed by atoms with E-state index in [0.717, 1.165) is 5.56 Å². The topological polar surface area (TPSA) is 80.7 Å². The maximum absolute atomic E-state index is 12.4. The summed E-state index contributed by atoms with van der Waals surface area (Å²) in [7, 11) is 0. The number of hydrogen-bond acceptors (Lipinski definition) is 5. The van der Waals surface area contributed by atoms with Gasteiger partial charge in [0, 0.05) is 41.2 Å². The van der Waals surface area contributed by atoms with Crippen LogP contribution in [0.4, 0.5) is 5.69 Å². The molecule has 6 heteroatoms. The number of rotatable bonds is 5. The van der Waals surface area contributed by atoms with Crippen LogP contribution >= 0.6 is 0 Å². The van der Waals surface area contributed by atoms with Gasteiger partial charge in [0.2, 0.25) is 6.10 Å². The molecule has 0 aliphatic carbocycles. The fourth-order valence-electron chi connectivity index (χ4n) is 2.91. The average molecular weight is 371 g/mol. The zero-order valence-electron chi connectivity index (χ0n) is 14.9. The van der Waals surface area contributed by atoms with Crippen LogP contribution in [0.2, 0.25) is 0 Å². The molecule has 1 amide bonds. The number of carbonyl (C=O) groups excluding carboxylic acids is 2. The number of aromatic nitrogens is 1. The second-order valence-corrected chi connectivity index (χ2v) is 6.34. The first-order valence-electron chi connectivity index (χ1n) is 8.84. The maximum atomic E-state index is 12.4. The van der Waals surface area contributed by atoms with Crippen LogP contribution in [0.1, 0.15) is 27.9 Å². The summed E-state index contributed by atoms with van der Waals surface area (Å²) in [5, 5.41) is 6.79. The highest BCUT2D eigenvalue weighted by Crippen LogP contribution is 2.19. The third kappa shape index (κ3) is 3.81. The Morgan fingerprint density at radius 2 is 1.68 bits per heavy atom. The average Bonchev–Trinajstić information content (AvgIpc) is 3.26. The Hall–Kier alpha value is -3.80. The summed E-state index contributed by atoms with van der Waals surface area (Å²) in [6, 6.07) is 19.5. The molecular formula is C22H17N3O3. The summed E-state index contributed by atoms with van der Waals surface area (Å²) >= 11 is 0. The molecule has 0 bridgehead atoms. The number of oxime groups is 1. The van der Waals surface area contributed by atoms with Crippen molar-refractivity contribution in [3.05, 3.63) is 95.8 Å². The van der Waals surface area contributed by atoms with Gasteiger partial charge in [-0.3, -0.25) is 14.6 Å². The number of carbonyl (C=O) groups is 2. The Morgan fingerprint density at radius 3 is 2.39 bits per heavy atom. The summed E-state index contributed by atoms with van der Waals surface area (Å²) in [4.78, 5) is 34.2. The highest BCUT2D eigenvalue weighted by atomic mass is 16.6. The molecule has 0 fully saturated rings. The lowest BCUT2D eigenvalue weighted by Gasteiger charge is -2.10. The van der Waals surface area contributed by atoms with Gasteiger partial charge in [0.1, 0.15) is 0 Å². The molecule has 28 heavy (non-hydrogen) atoms. The van der Waals surface area contributed by atoms with Gasteiger partial charge >= 0.3 is 0 Å². The first-order chi connectivity index (χ1) is 13.7. The van der Waals surface area contributed by atoms with Crippen molar-refractivity contribution < 1.29 is 14.4 Å². The maximum Gasteiger partial charge on any atom is 0.268 e. The molecule has 0 saturated heterocycles. The van der Waals surface area contributed by atoms with Gasteiger partial charge in [0.25, 0.3) is 5.91 Å². The van der Waals surface area contributed by atoms with E-state index in [1.807, 2.05) is 30.3 Å². The van der Waals surface area contributed by atoms with Gasteiger partial charge in [-0.05, 0) is 36.4 Å². The van der Waals surface area contributed by atoms with E-state index in [1.54, 1.807) is 48.8 Å². The Kier molecular flexibility index (Phi) is 4.93. The number of ketones is 1. The molecule has 6 nitrogen and oxygen atoms in total. The summed E-state index contributed by atoms with van der Waals surface area (Å²) in [6.45, 7) is 0. The third-order valence-electron chi connectivity index (χ3n) is 4.41. The van der Waals surface area contributed by atoms with Crippen LogP contribution in [0.3, 0.4) is 0 Å². The van der Waals surface area contributed by atoms with Crippen molar-refractivity contribution >= 4 is 23.1 Å². The van der Waals surface area contributed by atoms with Crippen molar-refractivity contribution in [3.63, 3.8) is 0 Å². The Balaban J connectivity index is 1.37. The molecule has 0 spiro atoms. The fraction of sp³-hybridized carbons (Fsp3) is 0.0909. The minimum Gasteiger partial charge on any atom is -0.382 e. The number of nitrogens with zero attached hydrogens (tertiary/aromatic N) is 2. The molecule has 138 valence electrons. The molecular weight excluding hydrogens is 354 g/mol. The third-order valence-corrected chi connectivity index (χ3v) is 4.41. The van der Waals surface area contributed by atoms with E-state index in [2.05, 4.69) is 15.5 Å². The van der Waals surface area contributed by atoms with Crippen molar-refractivity contribution in [1.29, 1.82) is 0 Å².